The first-order valence-electron chi connectivity index (χ1n) is 6.08. The number of benzene rings is 2. The number of ether oxygens (including phenoxy) is 1. The van der Waals surface area contributed by atoms with Gasteiger partial charge >= 0.3 is 0 Å². The molecule has 0 amide bonds. The van der Waals surface area contributed by atoms with Crippen molar-refractivity contribution in [2.75, 3.05) is 7.05 Å². The van der Waals surface area contributed by atoms with Gasteiger partial charge in [0.15, 0.2) is 0 Å². The number of nitrogens with one attached hydrogen (secondary N) is 1. The van der Waals surface area contributed by atoms with Crippen LogP contribution in [0.1, 0.15) is 11.1 Å². The van der Waals surface area contributed by atoms with E-state index >= 15 is 0 Å². The van der Waals surface area contributed by atoms with Crippen molar-refractivity contribution in [1.82, 2.24) is 5.32 Å². The van der Waals surface area contributed by atoms with Crippen LogP contribution < -0.4 is 10.1 Å². The predicted molar refractivity (Wildman–Crippen MR) is 83.1 cm³/mol. The van der Waals surface area contributed by atoms with E-state index in [-0.39, 0.29) is 5.02 Å². The SMILES string of the molecule is CNCc1ccc(Oc2cc(F)c(Cl)cc2Br)cc1C. The molecule has 0 heterocycles. The Morgan fingerprint density at radius 1 is 1.30 bits per heavy atom. The van der Waals surface area contributed by atoms with E-state index in [9.17, 15) is 4.39 Å². The van der Waals surface area contributed by atoms with Crippen LogP contribution in [0.4, 0.5) is 4.39 Å². The molecule has 0 unspecified atom stereocenters. The third-order valence-electron chi connectivity index (χ3n) is 2.88. The zero-order valence-corrected chi connectivity index (χ0v) is 13.5. The summed E-state index contributed by atoms with van der Waals surface area (Å²) >= 11 is 9.01. The third-order valence-corrected chi connectivity index (χ3v) is 3.79. The molecule has 0 spiro atoms. The summed E-state index contributed by atoms with van der Waals surface area (Å²) in [7, 11) is 1.90. The lowest BCUT2D eigenvalue weighted by molar-refractivity contribution is 0.473. The third kappa shape index (κ3) is 3.51. The molecule has 2 aromatic carbocycles. The molecule has 0 bridgehead atoms. The summed E-state index contributed by atoms with van der Waals surface area (Å²) in [5, 5.41) is 3.16. The van der Waals surface area contributed by atoms with Crippen LogP contribution >= 0.6 is 27.5 Å². The van der Waals surface area contributed by atoms with Gasteiger partial charge in [0.25, 0.3) is 0 Å². The Labute approximate surface area is 131 Å². The van der Waals surface area contributed by atoms with Crippen molar-refractivity contribution in [1.29, 1.82) is 0 Å². The van der Waals surface area contributed by atoms with E-state index in [4.69, 9.17) is 16.3 Å². The fraction of sp³-hybridized carbons (Fsp3) is 0.200. The summed E-state index contributed by atoms with van der Waals surface area (Å²) in [5.74, 6) is 0.547. The summed E-state index contributed by atoms with van der Waals surface area (Å²) in [4.78, 5) is 0. The number of hydrogen-bond acceptors (Lipinski definition) is 2. The van der Waals surface area contributed by atoms with Gasteiger partial charge < -0.3 is 10.1 Å². The van der Waals surface area contributed by atoms with Crippen molar-refractivity contribution >= 4 is 27.5 Å². The van der Waals surface area contributed by atoms with Gasteiger partial charge in [-0.15, -0.1) is 0 Å². The molecule has 0 aromatic heterocycles. The first kappa shape index (κ1) is 15.3. The van der Waals surface area contributed by atoms with E-state index < -0.39 is 5.82 Å². The Balaban J connectivity index is 2.26. The molecule has 0 aliphatic heterocycles. The van der Waals surface area contributed by atoms with Gasteiger partial charge in [-0.05, 0) is 59.2 Å². The van der Waals surface area contributed by atoms with Crippen LogP contribution in [-0.2, 0) is 6.54 Å². The van der Waals surface area contributed by atoms with Crippen LogP contribution in [0.15, 0.2) is 34.8 Å². The van der Waals surface area contributed by atoms with E-state index in [1.54, 1.807) is 0 Å². The number of halogens is 3. The van der Waals surface area contributed by atoms with Gasteiger partial charge in [-0.3, -0.25) is 0 Å². The van der Waals surface area contributed by atoms with Gasteiger partial charge in [0.05, 0.1) is 9.50 Å². The highest BCUT2D eigenvalue weighted by Crippen LogP contribution is 2.34. The van der Waals surface area contributed by atoms with Crippen LogP contribution in [0.3, 0.4) is 0 Å². The number of rotatable bonds is 4. The molecular formula is C15H14BrClFNO. The van der Waals surface area contributed by atoms with Crippen molar-refractivity contribution in [3.05, 3.63) is 56.8 Å². The second-order valence-electron chi connectivity index (χ2n) is 4.42. The molecule has 0 aliphatic carbocycles. The van der Waals surface area contributed by atoms with Crippen LogP contribution in [0.5, 0.6) is 11.5 Å². The molecule has 1 N–H and O–H groups in total. The molecule has 0 aliphatic rings. The summed E-state index contributed by atoms with van der Waals surface area (Å²) in [5.41, 5.74) is 2.31. The monoisotopic (exact) mass is 357 g/mol. The minimum atomic E-state index is -0.506. The Hall–Kier alpha value is -1.10. The summed E-state index contributed by atoms with van der Waals surface area (Å²) in [6.07, 6.45) is 0. The lowest BCUT2D eigenvalue weighted by atomic mass is 10.1. The van der Waals surface area contributed by atoms with Crippen LogP contribution in [0.2, 0.25) is 5.02 Å². The standard InChI is InChI=1S/C15H14BrClFNO/c1-9-5-11(4-3-10(9)8-19-2)20-15-7-14(18)13(17)6-12(15)16/h3-7,19H,8H2,1-2H3. The summed E-state index contributed by atoms with van der Waals surface area (Å²) < 4.78 is 19.8. The van der Waals surface area contributed by atoms with Gasteiger partial charge in [-0.2, -0.15) is 0 Å². The van der Waals surface area contributed by atoms with Crippen molar-refractivity contribution in [3.63, 3.8) is 0 Å². The Morgan fingerprint density at radius 3 is 2.70 bits per heavy atom. The summed E-state index contributed by atoms with van der Waals surface area (Å²) in [6, 6.07) is 8.52. The average Bonchev–Trinajstić information content (AvgIpc) is 2.39. The highest BCUT2D eigenvalue weighted by Gasteiger charge is 2.09. The Morgan fingerprint density at radius 2 is 2.05 bits per heavy atom. The minimum absolute atomic E-state index is 0.0600. The van der Waals surface area contributed by atoms with E-state index in [1.807, 2.05) is 32.2 Å². The van der Waals surface area contributed by atoms with Gasteiger partial charge in [0.2, 0.25) is 0 Å². The molecule has 0 saturated heterocycles. The number of hydrogen-bond donors (Lipinski definition) is 1. The molecule has 5 heteroatoms. The molecule has 0 atom stereocenters. The van der Waals surface area contributed by atoms with Gasteiger partial charge in [-0.1, -0.05) is 17.7 Å². The Kier molecular flexibility index (Phi) is 5.02. The topological polar surface area (TPSA) is 21.3 Å². The molecule has 0 saturated carbocycles. The fourth-order valence-corrected chi connectivity index (χ4v) is 2.55. The lowest BCUT2D eigenvalue weighted by Gasteiger charge is -2.11. The highest BCUT2D eigenvalue weighted by atomic mass is 79.9. The normalized spacial score (nSPS) is 10.7. The van der Waals surface area contributed by atoms with Crippen molar-refractivity contribution < 1.29 is 9.13 Å². The minimum Gasteiger partial charge on any atom is -0.456 e. The molecule has 20 heavy (non-hydrogen) atoms. The van der Waals surface area contributed by atoms with Crippen molar-refractivity contribution in [3.8, 4) is 11.5 Å². The highest BCUT2D eigenvalue weighted by molar-refractivity contribution is 9.10. The second-order valence-corrected chi connectivity index (χ2v) is 5.68. The Bertz CT molecular complexity index is 634. The van der Waals surface area contributed by atoms with E-state index in [0.717, 1.165) is 12.1 Å². The first-order valence-corrected chi connectivity index (χ1v) is 7.25. The maximum Gasteiger partial charge on any atom is 0.145 e. The fourth-order valence-electron chi connectivity index (χ4n) is 1.83. The maximum atomic E-state index is 13.5. The van der Waals surface area contributed by atoms with Crippen molar-refractivity contribution in [2.45, 2.75) is 13.5 Å². The summed E-state index contributed by atoms with van der Waals surface area (Å²) in [6.45, 7) is 2.81. The maximum absolute atomic E-state index is 13.5. The van der Waals surface area contributed by atoms with Crippen LogP contribution in [0.25, 0.3) is 0 Å². The smallest absolute Gasteiger partial charge is 0.145 e. The van der Waals surface area contributed by atoms with Crippen molar-refractivity contribution in [2.24, 2.45) is 0 Å². The predicted octanol–water partition coefficient (Wildman–Crippen LogP) is 5.06. The average molecular weight is 359 g/mol. The van der Waals surface area contributed by atoms with E-state index in [0.29, 0.717) is 16.0 Å². The molecule has 2 rings (SSSR count). The van der Waals surface area contributed by atoms with E-state index in [2.05, 4.69) is 21.2 Å². The van der Waals surface area contributed by atoms with Gasteiger partial charge in [0, 0.05) is 12.6 Å². The lowest BCUT2D eigenvalue weighted by Crippen LogP contribution is -2.06. The largest absolute Gasteiger partial charge is 0.456 e. The molecule has 106 valence electrons. The zero-order valence-electron chi connectivity index (χ0n) is 11.1. The van der Waals surface area contributed by atoms with Gasteiger partial charge in [0.1, 0.15) is 17.3 Å². The molecule has 0 fully saturated rings. The zero-order chi connectivity index (χ0) is 14.7. The van der Waals surface area contributed by atoms with Crippen LogP contribution in [-0.4, -0.2) is 7.05 Å². The molecule has 0 radical (unpaired) electrons. The number of aryl methyl sites for hydroxylation is 1. The molecular weight excluding hydrogens is 345 g/mol. The van der Waals surface area contributed by atoms with Crippen LogP contribution in [0, 0.1) is 12.7 Å². The molecule has 2 aromatic rings. The molecule has 2 nitrogen and oxygen atoms in total. The quantitative estimate of drug-likeness (QED) is 0.771. The first-order chi connectivity index (χ1) is 9.51. The second kappa shape index (κ2) is 6.57. The van der Waals surface area contributed by atoms with Gasteiger partial charge in [-0.25, -0.2) is 4.39 Å². The van der Waals surface area contributed by atoms with E-state index in [1.165, 1.54) is 17.7 Å².